The van der Waals surface area contributed by atoms with E-state index in [2.05, 4.69) is 5.16 Å². The number of oxime groups is 1. The van der Waals surface area contributed by atoms with Crippen molar-refractivity contribution in [3.8, 4) is 0 Å². The second-order valence-corrected chi connectivity index (χ2v) is 6.58. The summed E-state index contributed by atoms with van der Waals surface area (Å²) in [7, 11) is 3.51. The molecule has 6 nitrogen and oxygen atoms in total. The Morgan fingerprint density at radius 2 is 1.50 bits per heavy atom. The van der Waals surface area contributed by atoms with Gasteiger partial charge in [-0.2, -0.15) is 26.3 Å². The van der Waals surface area contributed by atoms with Gasteiger partial charge in [-0.25, -0.2) is 4.79 Å². The van der Waals surface area contributed by atoms with E-state index < -0.39 is 40.9 Å². The molecule has 0 aliphatic rings. The fourth-order valence-electron chi connectivity index (χ4n) is 2.80. The number of halogens is 6. The van der Waals surface area contributed by atoms with E-state index in [1.54, 1.807) is 24.3 Å². The minimum absolute atomic E-state index is 0.00956. The van der Waals surface area contributed by atoms with Crippen LogP contribution in [0.3, 0.4) is 0 Å². The molecule has 12 heteroatoms. The molecule has 0 heterocycles. The Morgan fingerprint density at radius 3 is 2.00 bits per heavy atom. The molecule has 184 valence electrons. The first-order valence-electron chi connectivity index (χ1n) is 9.35. The number of methoxy groups -OCH3 is 3. The summed E-state index contributed by atoms with van der Waals surface area (Å²) in [5, 5.41) is 3.56. The molecule has 2 aromatic carbocycles. The van der Waals surface area contributed by atoms with E-state index in [-0.39, 0.29) is 18.2 Å². The summed E-state index contributed by atoms with van der Waals surface area (Å²) in [5.74, 6) is -1.33. The zero-order valence-corrected chi connectivity index (χ0v) is 18.1. The fourth-order valence-corrected chi connectivity index (χ4v) is 2.80. The second kappa shape index (κ2) is 10.9. The molecule has 0 aliphatic heterocycles. The third-order valence-corrected chi connectivity index (χ3v) is 4.34. The molecule has 0 aromatic heterocycles. The summed E-state index contributed by atoms with van der Waals surface area (Å²) in [6.45, 7) is -0.313. The Morgan fingerprint density at radius 1 is 0.912 bits per heavy atom. The normalized spacial score (nSPS) is 12.9. The van der Waals surface area contributed by atoms with E-state index in [9.17, 15) is 31.1 Å². The van der Waals surface area contributed by atoms with E-state index in [4.69, 9.17) is 19.0 Å². The third kappa shape index (κ3) is 6.65. The molecule has 0 fully saturated rings. The van der Waals surface area contributed by atoms with E-state index in [0.717, 1.165) is 13.4 Å². The predicted octanol–water partition coefficient (Wildman–Crippen LogP) is 5.41. The van der Waals surface area contributed by atoms with Crippen molar-refractivity contribution < 1.29 is 50.2 Å². The molecule has 0 saturated heterocycles. The first-order valence-corrected chi connectivity index (χ1v) is 9.35. The number of carbonyl (C=O) groups excluding carboxylic acids is 1. The topological polar surface area (TPSA) is 66.4 Å². The van der Waals surface area contributed by atoms with Gasteiger partial charge in [0, 0.05) is 11.1 Å². The maximum Gasteiger partial charge on any atom is 0.416 e. The van der Waals surface area contributed by atoms with Crippen molar-refractivity contribution in [2.24, 2.45) is 5.16 Å². The predicted molar refractivity (Wildman–Crippen MR) is 108 cm³/mol. The zero-order valence-electron chi connectivity index (χ0n) is 18.1. The second-order valence-electron chi connectivity index (χ2n) is 6.58. The molecule has 0 radical (unpaired) electrons. The summed E-state index contributed by atoms with van der Waals surface area (Å²) in [5.41, 5.74) is -2.85. The highest BCUT2D eigenvalue weighted by atomic mass is 19.4. The van der Waals surface area contributed by atoms with Gasteiger partial charge in [-0.3, -0.25) is 0 Å². The van der Waals surface area contributed by atoms with E-state index in [1.807, 2.05) is 0 Å². The van der Waals surface area contributed by atoms with Crippen LogP contribution in [0.1, 0.15) is 27.8 Å². The van der Waals surface area contributed by atoms with Gasteiger partial charge in [0.1, 0.15) is 12.2 Å². The van der Waals surface area contributed by atoms with Crippen LogP contribution in [-0.4, -0.2) is 33.2 Å². The molecule has 0 unspecified atom stereocenters. The lowest BCUT2D eigenvalue weighted by Crippen LogP contribution is -2.14. The number of ether oxygens (including phenoxy) is 3. The number of alkyl halides is 6. The van der Waals surface area contributed by atoms with Crippen LogP contribution in [0.5, 0.6) is 0 Å². The van der Waals surface area contributed by atoms with Crippen molar-refractivity contribution in [3.63, 3.8) is 0 Å². The zero-order chi connectivity index (χ0) is 25.5. The average Bonchev–Trinajstić information content (AvgIpc) is 2.78. The number of hydrogen-bond acceptors (Lipinski definition) is 6. The Balaban J connectivity index is 2.40. The monoisotopic (exact) mass is 491 g/mol. The van der Waals surface area contributed by atoms with Gasteiger partial charge in [0.15, 0.2) is 0 Å². The molecule has 0 aliphatic carbocycles. The highest BCUT2D eigenvalue weighted by Gasteiger charge is 2.37. The van der Waals surface area contributed by atoms with Crippen LogP contribution in [0.2, 0.25) is 0 Å². The molecule has 0 amide bonds. The van der Waals surface area contributed by atoms with Gasteiger partial charge in [-0.05, 0) is 28.9 Å². The van der Waals surface area contributed by atoms with E-state index in [1.165, 1.54) is 14.2 Å². The lowest BCUT2D eigenvalue weighted by molar-refractivity contribution is -0.143. The van der Waals surface area contributed by atoms with Gasteiger partial charge in [-0.15, -0.1) is 0 Å². The van der Waals surface area contributed by atoms with Gasteiger partial charge >= 0.3 is 18.3 Å². The molecular weight excluding hydrogens is 472 g/mol. The van der Waals surface area contributed by atoms with Gasteiger partial charge in [0.2, 0.25) is 0 Å². The quantitative estimate of drug-likeness (QED) is 0.0986. The van der Waals surface area contributed by atoms with Crippen molar-refractivity contribution in [1.29, 1.82) is 0 Å². The highest BCUT2D eigenvalue weighted by molar-refractivity contribution is 6.16. The Bertz CT molecular complexity index is 1040. The van der Waals surface area contributed by atoms with Crippen LogP contribution in [0, 0.1) is 0 Å². The van der Waals surface area contributed by atoms with Crippen LogP contribution in [0.25, 0.3) is 5.57 Å². The van der Waals surface area contributed by atoms with Crippen molar-refractivity contribution in [2.75, 3.05) is 21.3 Å². The summed E-state index contributed by atoms with van der Waals surface area (Å²) in [6.07, 6.45) is -8.92. The van der Waals surface area contributed by atoms with Gasteiger partial charge in [-0.1, -0.05) is 24.3 Å². The number of nitrogens with zero attached hydrogens (tertiary/aromatic N) is 1. The first-order chi connectivity index (χ1) is 15.9. The third-order valence-electron chi connectivity index (χ3n) is 4.34. The van der Waals surface area contributed by atoms with Crippen LogP contribution in [0.15, 0.2) is 53.9 Å². The first kappa shape index (κ1) is 26.6. The van der Waals surface area contributed by atoms with E-state index >= 15 is 0 Å². The lowest BCUT2D eigenvalue weighted by atomic mass is 10.0. The smallest absolute Gasteiger partial charge is 0.416 e. The maximum atomic E-state index is 13.1. The standard InChI is InChI=1S/C22H19F6NO5/c1-31-12-18(20(30)33-3)17-7-5-4-6-13(17)11-34-29-19(32-2)14-8-15(21(23,24)25)10-16(9-14)22(26,27)28/h4-10,12H,11H2,1-3H3/b18-12+,29-19-. The molecule has 0 saturated carbocycles. The molecule has 2 rings (SSSR count). The molecule has 0 bridgehead atoms. The van der Waals surface area contributed by atoms with Gasteiger partial charge in [0.25, 0.3) is 5.90 Å². The van der Waals surface area contributed by atoms with Crippen molar-refractivity contribution in [3.05, 3.63) is 76.5 Å². The molecule has 0 N–H and O–H groups in total. The lowest BCUT2D eigenvalue weighted by Gasteiger charge is -2.15. The summed E-state index contributed by atoms with van der Waals surface area (Å²) in [4.78, 5) is 17.2. The number of carbonyl (C=O) groups is 1. The molecule has 0 atom stereocenters. The summed E-state index contributed by atoms with van der Waals surface area (Å²) < 4.78 is 93.2. The van der Waals surface area contributed by atoms with E-state index in [0.29, 0.717) is 23.3 Å². The van der Waals surface area contributed by atoms with Crippen LogP contribution >= 0.6 is 0 Å². The highest BCUT2D eigenvalue weighted by Crippen LogP contribution is 2.36. The van der Waals surface area contributed by atoms with Crippen molar-refractivity contribution in [2.45, 2.75) is 19.0 Å². The van der Waals surface area contributed by atoms with Crippen LogP contribution in [0.4, 0.5) is 26.3 Å². The summed E-state index contributed by atoms with van der Waals surface area (Å²) in [6, 6.07) is 7.28. The number of hydrogen-bond donors (Lipinski definition) is 0. The minimum Gasteiger partial charge on any atom is -0.503 e. The molecule has 34 heavy (non-hydrogen) atoms. The molecular formula is C22H19F6NO5. The summed E-state index contributed by atoms with van der Waals surface area (Å²) >= 11 is 0. The maximum absolute atomic E-state index is 13.1. The SMILES string of the molecule is CO/C=C(/C(=O)OC)c1ccccc1CO/N=C(\OC)c1cc(C(F)(F)F)cc(C(F)(F)F)c1. The number of benzene rings is 2. The van der Waals surface area contributed by atoms with Crippen molar-refractivity contribution >= 4 is 17.4 Å². The molecule has 2 aromatic rings. The number of esters is 1. The van der Waals surface area contributed by atoms with Crippen molar-refractivity contribution in [1.82, 2.24) is 0 Å². The fraction of sp³-hybridized carbons (Fsp3) is 0.273. The minimum atomic E-state index is -5.04. The Hall–Kier alpha value is -3.70. The largest absolute Gasteiger partial charge is 0.503 e. The van der Waals surface area contributed by atoms with Crippen LogP contribution < -0.4 is 0 Å². The number of rotatable bonds is 7. The van der Waals surface area contributed by atoms with Crippen LogP contribution in [-0.2, 0) is 42.8 Å². The Kier molecular flexibility index (Phi) is 8.55. The average molecular weight is 491 g/mol. The van der Waals surface area contributed by atoms with Gasteiger partial charge in [0.05, 0.1) is 38.7 Å². The molecule has 0 spiro atoms. The van der Waals surface area contributed by atoms with Gasteiger partial charge < -0.3 is 19.0 Å². The Labute approximate surface area is 190 Å².